The van der Waals surface area contributed by atoms with Crippen molar-refractivity contribution in [2.24, 2.45) is 7.05 Å². The van der Waals surface area contributed by atoms with Gasteiger partial charge in [-0.1, -0.05) is 23.4 Å². The number of furan rings is 1. The summed E-state index contributed by atoms with van der Waals surface area (Å²) in [5.41, 5.74) is 0. The van der Waals surface area contributed by atoms with Crippen LogP contribution in [0.5, 0.6) is 5.75 Å². The molecule has 0 spiro atoms. The van der Waals surface area contributed by atoms with E-state index in [0.717, 1.165) is 10.9 Å². The highest BCUT2D eigenvalue weighted by molar-refractivity contribution is 7.98. The number of benzene rings is 1. The van der Waals surface area contributed by atoms with Crippen LogP contribution >= 0.6 is 23.4 Å². The standard InChI is InChI=1S/C18H18ClN3O3S/c1-22-10-8-21-18(22)26-12-15-6-7-16(25-15)17(23)20-9-11-24-14-4-2-13(19)3-5-14/h2-8,10H,9,11-12H2,1H3,(H,20,23). The summed E-state index contributed by atoms with van der Waals surface area (Å²) in [4.78, 5) is 16.3. The number of ether oxygens (including phenoxy) is 1. The van der Waals surface area contributed by atoms with Crippen LogP contribution in [-0.4, -0.2) is 28.6 Å². The molecule has 2 heterocycles. The SMILES string of the molecule is Cn1ccnc1SCc1ccc(C(=O)NCCOc2ccc(Cl)cc2)o1. The third-order valence-corrected chi connectivity index (χ3v) is 4.81. The van der Waals surface area contributed by atoms with E-state index in [1.54, 1.807) is 54.4 Å². The summed E-state index contributed by atoms with van der Waals surface area (Å²) < 4.78 is 13.0. The predicted molar refractivity (Wildman–Crippen MR) is 101 cm³/mol. The molecule has 0 saturated heterocycles. The minimum atomic E-state index is -0.266. The van der Waals surface area contributed by atoms with Gasteiger partial charge in [-0.05, 0) is 36.4 Å². The van der Waals surface area contributed by atoms with Gasteiger partial charge in [-0.15, -0.1) is 0 Å². The first-order valence-corrected chi connectivity index (χ1v) is 9.33. The molecule has 0 unspecified atom stereocenters. The van der Waals surface area contributed by atoms with Gasteiger partial charge >= 0.3 is 0 Å². The van der Waals surface area contributed by atoms with Gasteiger partial charge in [0.2, 0.25) is 0 Å². The topological polar surface area (TPSA) is 69.3 Å². The molecule has 0 fully saturated rings. The van der Waals surface area contributed by atoms with Crippen molar-refractivity contribution in [1.29, 1.82) is 0 Å². The lowest BCUT2D eigenvalue weighted by Gasteiger charge is -2.07. The molecule has 3 rings (SSSR count). The van der Waals surface area contributed by atoms with Crippen LogP contribution in [0.1, 0.15) is 16.3 Å². The molecule has 1 N–H and O–H groups in total. The van der Waals surface area contributed by atoms with Gasteiger partial charge in [0.25, 0.3) is 5.91 Å². The quantitative estimate of drug-likeness (QED) is 0.467. The van der Waals surface area contributed by atoms with Crippen molar-refractivity contribution in [1.82, 2.24) is 14.9 Å². The fourth-order valence-corrected chi connectivity index (χ4v) is 3.11. The molecule has 6 nitrogen and oxygen atoms in total. The van der Waals surface area contributed by atoms with Crippen molar-refractivity contribution in [3.63, 3.8) is 0 Å². The molecular formula is C18H18ClN3O3S. The summed E-state index contributed by atoms with van der Waals surface area (Å²) in [6.07, 6.45) is 3.63. The zero-order valence-electron chi connectivity index (χ0n) is 14.1. The third kappa shape index (κ3) is 5.06. The van der Waals surface area contributed by atoms with Gasteiger partial charge in [0.05, 0.1) is 12.3 Å². The highest BCUT2D eigenvalue weighted by atomic mass is 35.5. The molecule has 136 valence electrons. The first kappa shape index (κ1) is 18.4. The molecule has 1 aromatic carbocycles. The number of aromatic nitrogens is 2. The molecule has 3 aromatic rings. The van der Waals surface area contributed by atoms with Crippen LogP contribution in [0.25, 0.3) is 0 Å². The summed E-state index contributed by atoms with van der Waals surface area (Å²) in [5.74, 6) is 2.05. The molecule has 0 aliphatic heterocycles. The van der Waals surface area contributed by atoms with Gasteiger partial charge in [-0.2, -0.15) is 0 Å². The maximum Gasteiger partial charge on any atom is 0.287 e. The monoisotopic (exact) mass is 391 g/mol. The third-order valence-electron chi connectivity index (χ3n) is 3.48. The van der Waals surface area contributed by atoms with Crippen LogP contribution in [0, 0.1) is 0 Å². The van der Waals surface area contributed by atoms with E-state index in [2.05, 4.69) is 10.3 Å². The number of aryl methyl sites for hydroxylation is 1. The van der Waals surface area contributed by atoms with Crippen LogP contribution < -0.4 is 10.1 Å². The van der Waals surface area contributed by atoms with Crippen LogP contribution in [0.2, 0.25) is 5.02 Å². The van der Waals surface area contributed by atoms with Crippen LogP contribution in [0.3, 0.4) is 0 Å². The number of imidazole rings is 1. The van der Waals surface area contributed by atoms with Crippen LogP contribution in [0.4, 0.5) is 0 Å². The maximum absolute atomic E-state index is 12.1. The Morgan fingerprint density at radius 3 is 2.85 bits per heavy atom. The van der Waals surface area contributed by atoms with E-state index in [1.807, 2.05) is 17.8 Å². The number of amides is 1. The summed E-state index contributed by atoms with van der Waals surface area (Å²) >= 11 is 7.36. The average Bonchev–Trinajstić information content (AvgIpc) is 3.27. The number of rotatable bonds is 8. The van der Waals surface area contributed by atoms with Gasteiger partial charge in [-0.3, -0.25) is 4.79 Å². The van der Waals surface area contributed by atoms with Crippen molar-refractivity contribution < 1.29 is 13.9 Å². The number of hydrogen-bond donors (Lipinski definition) is 1. The summed E-state index contributed by atoms with van der Waals surface area (Å²) in [5, 5.41) is 4.31. The largest absolute Gasteiger partial charge is 0.492 e. The van der Waals surface area contributed by atoms with E-state index in [1.165, 1.54) is 0 Å². The Bertz CT molecular complexity index is 861. The van der Waals surface area contributed by atoms with Crippen molar-refractivity contribution in [2.45, 2.75) is 10.9 Å². The van der Waals surface area contributed by atoms with Crippen molar-refractivity contribution in [3.8, 4) is 5.75 Å². The number of halogens is 1. The Hall–Kier alpha value is -2.38. The van der Waals surface area contributed by atoms with E-state index in [0.29, 0.717) is 29.7 Å². The molecule has 2 aromatic heterocycles. The second-order valence-electron chi connectivity index (χ2n) is 5.43. The fourth-order valence-electron chi connectivity index (χ4n) is 2.16. The van der Waals surface area contributed by atoms with Crippen molar-refractivity contribution in [2.75, 3.05) is 13.2 Å². The van der Waals surface area contributed by atoms with E-state index >= 15 is 0 Å². The van der Waals surface area contributed by atoms with E-state index < -0.39 is 0 Å². The Labute approximate surface area is 160 Å². The normalized spacial score (nSPS) is 10.7. The predicted octanol–water partition coefficient (Wildman–Crippen LogP) is 3.77. The number of hydrogen-bond acceptors (Lipinski definition) is 5. The summed E-state index contributed by atoms with van der Waals surface area (Å²) in [7, 11) is 1.93. The number of thioether (sulfide) groups is 1. The molecule has 8 heteroatoms. The molecule has 0 bridgehead atoms. The summed E-state index contributed by atoms with van der Waals surface area (Å²) in [6, 6.07) is 10.5. The fraction of sp³-hybridized carbons (Fsp3) is 0.222. The molecule has 0 radical (unpaired) electrons. The smallest absolute Gasteiger partial charge is 0.287 e. The lowest BCUT2D eigenvalue weighted by molar-refractivity contribution is 0.0918. The number of nitrogens with one attached hydrogen (secondary N) is 1. The Balaban J connectivity index is 1.41. The molecule has 0 saturated carbocycles. The molecule has 1 amide bonds. The second kappa shape index (κ2) is 8.82. The minimum absolute atomic E-state index is 0.266. The zero-order valence-corrected chi connectivity index (χ0v) is 15.7. The van der Waals surface area contributed by atoms with Crippen molar-refractivity contribution >= 4 is 29.3 Å². The molecule has 0 atom stereocenters. The van der Waals surface area contributed by atoms with Crippen molar-refractivity contribution in [3.05, 3.63) is 65.3 Å². The second-order valence-corrected chi connectivity index (χ2v) is 6.81. The lowest BCUT2D eigenvalue weighted by atomic mass is 10.3. The Morgan fingerprint density at radius 2 is 2.12 bits per heavy atom. The Kier molecular flexibility index (Phi) is 6.25. The van der Waals surface area contributed by atoms with E-state index in [4.69, 9.17) is 20.8 Å². The zero-order chi connectivity index (χ0) is 18.4. The van der Waals surface area contributed by atoms with Gasteiger partial charge in [-0.25, -0.2) is 4.98 Å². The molecule has 0 aliphatic carbocycles. The van der Waals surface area contributed by atoms with Gasteiger partial charge in [0, 0.05) is 24.5 Å². The van der Waals surface area contributed by atoms with E-state index in [-0.39, 0.29) is 11.7 Å². The van der Waals surface area contributed by atoms with Gasteiger partial charge in [0.15, 0.2) is 10.9 Å². The molecule has 26 heavy (non-hydrogen) atoms. The highest BCUT2D eigenvalue weighted by Gasteiger charge is 2.11. The Morgan fingerprint density at radius 1 is 1.31 bits per heavy atom. The number of nitrogens with zero attached hydrogens (tertiary/aromatic N) is 2. The molecular weight excluding hydrogens is 374 g/mol. The van der Waals surface area contributed by atoms with E-state index in [9.17, 15) is 4.79 Å². The maximum atomic E-state index is 12.1. The lowest BCUT2D eigenvalue weighted by Crippen LogP contribution is -2.27. The first-order chi connectivity index (χ1) is 12.6. The number of carbonyl (C=O) groups is 1. The average molecular weight is 392 g/mol. The summed E-state index contributed by atoms with van der Waals surface area (Å²) in [6.45, 7) is 0.732. The van der Waals surface area contributed by atoms with Gasteiger partial charge in [0.1, 0.15) is 18.1 Å². The number of carbonyl (C=O) groups excluding carboxylic acids is 1. The first-order valence-electron chi connectivity index (χ1n) is 7.97. The van der Waals surface area contributed by atoms with Gasteiger partial charge < -0.3 is 19.0 Å². The van der Waals surface area contributed by atoms with Crippen LogP contribution in [0.15, 0.2) is 58.4 Å². The highest BCUT2D eigenvalue weighted by Crippen LogP contribution is 2.21. The van der Waals surface area contributed by atoms with Crippen LogP contribution in [-0.2, 0) is 12.8 Å². The minimum Gasteiger partial charge on any atom is -0.492 e. The molecule has 0 aliphatic rings.